The lowest BCUT2D eigenvalue weighted by Crippen LogP contribution is -2.14. The van der Waals surface area contributed by atoms with Crippen molar-refractivity contribution in [2.24, 2.45) is 0 Å². The van der Waals surface area contributed by atoms with Crippen molar-refractivity contribution in [3.8, 4) is 0 Å². The molecule has 102 valence electrons. The van der Waals surface area contributed by atoms with Crippen molar-refractivity contribution in [3.05, 3.63) is 27.9 Å². The van der Waals surface area contributed by atoms with Crippen molar-refractivity contribution in [1.29, 1.82) is 0 Å². The smallest absolute Gasteiger partial charge is 0.337 e. The number of carboxylic acids is 1. The number of pyridine rings is 1. The summed E-state index contributed by atoms with van der Waals surface area (Å²) in [6.07, 6.45) is 1.94. The molecular formula is C11H12N2O5S. The van der Waals surface area contributed by atoms with E-state index in [9.17, 15) is 14.9 Å². The van der Waals surface area contributed by atoms with E-state index in [0.29, 0.717) is 6.61 Å². The highest BCUT2D eigenvalue weighted by Crippen LogP contribution is 2.36. The molecule has 0 radical (unpaired) electrons. The highest BCUT2D eigenvalue weighted by atomic mass is 32.2. The minimum absolute atomic E-state index is 0.00514. The van der Waals surface area contributed by atoms with Crippen LogP contribution in [0.4, 0.5) is 5.69 Å². The van der Waals surface area contributed by atoms with Crippen molar-refractivity contribution in [3.63, 3.8) is 0 Å². The van der Waals surface area contributed by atoms with Crippen LogP contribution in [0.15, 0.2) is 17.3 Å². The second-order valence-electron chi connectivity index (χ2n) is 4.13. The summed E-state index contributed by atoms with van der Waals surface area (Å²) in [4.78, 5) is 25.1. The predicted molar refractivity (Wildman–Crippen MR) is 67.5 cm³/mol. The third-order valence-corrected chi connectivity index (χ3v) is 4.31. The van der Waals surface area contributed by atoms with Crippen LogP contribution >= 0.6 is 11.8 Å². The van der Waals surface area contributed by atoms with Crippen molar-refractivity contribution in [1.82, 2.24) is 4.98 Å². The lowest BCUT2D eigenvalue weighted by Gasteiger charge is -2.12. The van der Waals surface area contributed by atoms with Gasteiger partial charge in [0.15, 0.2) is 5.03 Å². The molecule has 1 N–H and O–H groups in total. The Morgan fingerprint density at radius 2 is 2.42 bits per heavy atom. The maximum Gasteiger partial charge on any atom is 0.337 e. The van der Waals surface area contributed by atoms with Gasteiger partial charge in [-0.1, -0.05) is 11.8 Å². The van der Waals surface area contributed by atoms with Crippen LogP contribution in [0.3, 0.4) is 0 Å². The SMILES string of the molecule is CC1OCCC1Sc1ncc(C(=O)O)cc1[N+](=O)[O-]. The molecule has 2 heterocycles. The van der Waals surface area contributed by atoms with E-state index in [0.717, 1.165) is 18.7 Å². The molecule has 1 fully saturated rings. The minimum atomic E-state index is -1.23. The maximum atomic E-state index is 11.0. The summed E-state index contributed by atoms with van der Waals surface area (Å²) in [7, 11) is 0. The Morgan fingerprint density at radius 1 is 1.68 bits per heavy atom. The second kappa shape index (κ2) is 5.54. The first-order valence-electron chi connectivity index (χ1n) is 5.65. The number of aromatic nitrogens is 1. The highest BCUT2D eigenvalue weighted by Gasteiger charge is 2.29. The van der Waals surface area contributed by atoms with Crippen LogP contribution in [0, 0.1) is 10.1 Å². The molecule has 0 amide bonds. The first kappa shape index (κ1) is 13.8. The molecule has 0 saturated carbocycles. The summed E-state index contributed by atoms with van der Waals surface area (Å²) in [6.45, 7) is 2.53. The third kappa shape index (κ3) is 3.02. The van der Waals surface area contributed by atoms with Crippen LogP contribution in [0.2, 0.25) is 0 Å². The number of carboxylic acid groups (broad SMARTS) is 1. The summed E-state index contributed by atoms with van der Waals surface area (Å²) in [6, 6.07) is 1.04. The molecule has 2 atom stereocenters. The minimum Gasteiger partial charge on any atom is -0.478 e. The van der Waals surface area contributed by atoms with Gasteiger partial charge in [-0.2, -0.15) is 0 Å². The van der Waals surface area contributed by atoms with Gasteiger partial charge in [0.05, 0.1) is 16.6 Å². The first-order chi connectivity index (χ1) is 8.99. The van der Waals surface area contributed by atoms with Crippen LogP contribution < -0.4 is 0 Å². The van der Waals surface area contributed by atoms with Crippen molar-refractivity contribution >= 4 is 23.4 Å². The molecule has 1 aromatic heterocycles. The third-order valence-electron chi connectivity index (χ3n) is 2.85. The molecule has 8 heteroatoms. The molecule has 19 heavy (non-hydrogen) atoms. The van der Waals surface area contributed by atoms with Crippen LogP contribution in [0.25, 0.3) is 0 Å². The number of nitrogens with zero attached hydrogens (tertiary/aromatic N) is 2. The van der Waals surface area contributed by atoms with E-state index in [4.69, 9.17) is 9.84 Å². The van der Waals surface area contributed by atoms with E-state index in [1.165, 1.54) is 11.8 Å². The lowest BCUT2D eigenvalue weighted by molar-refractivity contribution is -0.388. The molecule has 2 rings (SSSR count). The van der Waals surface area contributed by atoms with E-state index < -0.39 is 10.9 Å². The Kier molecular flexibility index (Phi) is 4.01. The van der Waals surface area contributed by atoms with Crippen LogP contribution in [-0.4, -0.2) is 38.9 Å². The van der Waals surface area contributed by atoms with Gasteiger partial charge >= 0.3 is 11.7 Å². The second-order valence-corrected chi connectivity index (χ2v) is 5.36. The first-order valence-corrected chi connectivity index (χ1v) is 6.53. The Morgan fingerprint density at radius 3 is 2.95 bits per heavy atom. The van der Waals surface area contributed by atoms with Crippen molar-refractivity contribution in [2.75, 3.05) is 6.61 Å². The zero-order valence-corrected chi connectivity index (χ0v) is 10.9. The van der Waals surface area contributed by atoms with Gasteiger partial charge in [0.1, 0.15) is 0 Å². The van der Waals surface area contributed by atoms with Crippen LogP contribution in [0.1, 0.15) is 23.7 Å². The fraction of sp³-hybridized carbons (Fsp3) is 0.455. The molecule has 2 unspecified atom stereocenters. The van der Waals surface area contributed by atoms with E-state index >= 15 is 0 Å². The Hall–Kier alpha value is -1.67. The lowest BCUT2D eigenvalue weighted by atomic mass is 10.2. The fourth-order valence-electron chi connectivity index (χ4n) is 1.79. The summed E-state index contributed by atoms with van der Waals surface area (Å²) < 4.78 is 5.39. The largest absolute Gasteiger partial charge is 0.478 e. The van der Waals surface area contributed by atoms with E-state index in [2.05, 4.69) is 4.98 Å². The zero-order valence-electron chi connectivity index (χ0n) is 10.1. The van der Waals surface area contributed by atoms with Gasteiger partial charge in [-0.25, -0.2) is 9.78 Å². The molecule has 0 aromatic carbocycles. The standard InChI is InChI=1S/C11H12N2O5S/c1-6-9(2-3-18-6)19-10-8(13(16)17)4-7(5-12-10)11(14)15/h4-6,9H,2-3H2,1H3,(H,14,15). The quantitative estimate of drug-likeness (QED) is 0.665. The molecule has 1 aliphatic rings. The van der Waals surface area contributed by atoms with Crippen LogP contribution in [0.5, 0.6) is 0 Å². The number of rotatable bonds is 4. The molecule has 0 aliphatic carbocycles. The molecular weight excluding hydrogens is 272 g/mol. The highest BCUT2D eigenvalue weighted by molar-refractivity contribution is 8.00. The molecule has 7 nitrogen and oxygen atoms in total. The Balaban J connectivity index is 2.29. The zero-order chi connectivity index (χ0) is 14.0. The van der Waals surface area contributed by atoms with E-state index in [-0.39, 0.29) is 27.6 Å². The van der Waals surface area contributed by atoms with Gasteiger partial charge in [-0.05, 0) is 13.3 Å². The van der Waals surface area contributed by atoms with Gasteiger partial charge in [0.25, 0.3) is 0 Å². The summed E-state index contributed by atoms with van der Waals surface area (Å²) in [5, 5.41) is 20.1. The number of nitro groups is 1. The number of hydrogen-bond acceptors (Lipinski definition) is 6. The van der Waals surface area contributed by atoms with Crippen molar-refractivity contribution < 1.29 is 19.6 Å². The number of thioether (sulfide) groups is 1. The molecule has 1 aromatic rings. The van der Waals surface area contributed by atoms with Crippen LogP contribution in [-0.2, 0) is 4.74 Å². The van der Waals surface area contributed by atoms with Gasteiger partial charge < -0.3 is 9.84 Å². The Labute approximate surface area is 113 Å². The summed E-state index contributed by atoms with van der Waals surface area (Å²) in [5.41, 5.74) is -0.462. The number of hydrogen-bond donors (Lipinski definition) is 1. The normalized spacial score (nSPS) is 22.4. The molecule has 0 spiro atoms. The average molecular weight is 284 g/mol. The Bertz CT molecular complexity index is 522. The van der Waals surface area contributed by atoms with Crippen molar-refractivity contribution in [2.45, 2.75) is 29.7 Å². The molecule has 1 aliphatic heterocycles. The number of aromatic carboxylic acids is 1. The predicted octanol–water partition coefficient (Wildman–Crippen LogP) is 1.96. The summed E-state index contributed by atoms with van der Waals surface area (Å²) in [5.74, 6) is -1.23. The number of ether oxygens (including phenoxy) is 1. The number of carbonyl (C=O) groups is 1. The van der Waals surface area contributed by atoms with E-state index in [1.54, 1.807) is 0 Å². The van der Waals surface area contributed by atoms with E-state index in [1.807, 2.05) is 6.92 Å². The van der Waals surface area contributed by atoms with Gasteiger partial charge in [0, 0.05) is 24.1 Å². The molecule has 0 bridgehead atoms. The van der Waals surface area contributed by atoms with Gasteiger partial charge in [-0.3, -0.25) is 10.1 Å². The van der Waals surface area contributed by atoms with Gasteiger partial charge in [0.2, 0.25) is 0 Å². The maximum absolute atomic E-state index is 11.0. The fourth-order valence-corrected chi connectivity index (χ4v) is 2.93. The topological polar surface area (TPSA) is 103 Å². The molecule has 1 saturated heterocycles. The van der Waals surface area contributed by atoms with Gasteiger partial charge in [-0.15, -0.1) is 0 Å². The average Bonchev–Trinajstić information content (AvgIpc) is 2.75. The monoisotopic (exact) mass is 284 g/mol. The summed E-state index contributed by atoms with van der Waals surface area (Å²) >= 11 is 1.26.